The zero-order chi connectivity index (χ0) is 24.0. The molecule has 0 aliphatic carbocycles. The number of rotatable bonds is 15. The summed E-state index contributed by atoms with van der Waals surface area (Å²) in [6, 6.07) is -3.45. The van der Waals surface area contributed by atoms with E-state index in [-0.39, 0.29) is 43.9 Å². The van der Waals surface area contributed by atoms with Crippen molar-refractivity contribution in [3.8, 4) is 0 Å². The molecule has 0 radical (unpaired) electrons. The van der Waals surface area contributed by atoms with E-state index in [9.17, 15) is 29.1 Å². The number of guanidine groups is 1. The number of carboxylic acids is 1. The lowest BCUT2D eigenvalue weighted by atomic mass is 10.1. The minimum atomic E-state index is -1.30. The maximum atomic E-state index is 12.5. The highest BCUT2D eigenvalue weighted by Gasteiger charge is 2.27. The molecule has 3 atom stereocenters. The van der Waals surface area contributed by atoms with Crippen molar-refractivity contribution in [2.24, 2.45) is 27.9 Å². The van der Waals surface area contributed by atoms with Crippen LogP contribution in [0.3, 0.4) is 0 Å². The van der Waals surface area contributed by atoms with Crippen molar-refractivity contribution in [2.75, 3.05) is 18.8 Å². The number of thiol groups is 1. The molecular weight excluding hydrogens is 432 g/mol. The number of aliphatic carboxylic acids is 1. The van der Waals surface area contributed by atoms with E-state index in [1.807, 2.05) is 0 Å². The van der Waals surface area contributed by atoms with E-state index in [0.29, 0.717) is 0 Å². The lowest BCUT2D eigenvalue weighted by Crippen LogP contribution is -2.54. The van der Waals surface area contributed by atoms with Crippen LogP contribution in [0.5, 0.6) is 0 Å². The number of carboxylic acid groups (broad SMARTS) is 1. The molecule has 0 aliphatic rings. The van der Waals surface area contributed by atoms with Crippen LogP contribution in [0.4, 0.5) is 0 Å². The van der Waals surface area contributed by atoms with Gasteiger partial charge in [-0.2, -0.15) is 12.6 Å². The van der Waals surface area contributed by atoms with Crippen LogP contribution in [0.2, 0.25) is 0 Å². The number of aliphatic imine (C=N–C) groups is 1. The SMILES string of the molecule is NC(=O)CCC(NC(=O)CNC(=O)C(N)CS)C(=O)NC(CCCN=C(N)N)C(=O)O. The first-order valence-corrected chi connectivity index (χ1v) is 9.91. The van der Waals surface area contributed by atoms with Crippen molar-refractivity contribution >= 4 is 48.2 Å². The Kier molecular flexibility index (Phi) is 13.4. The monoisotopic (exact) mass is 462 g/mol. The Morgan fingerprint density at radius 2 is 1.61 bits per heavy atom. The molecule has 176 valence electrons. The minimum Gasteiger partial charge on any atom is -0.480 e. The largest absolute Gasteiger partial charge is 0.480 e. The summed E-state index contributed by atoms with van der Waals surface area (Å²) >= 11 is 3.87. The average molecular weight is 463 g/mol. The van der Waals surface area contributed by atoms with Crippen molar-refractivity contribution in [3.05, 3.63) is 0 Å². The predicted molar refractivity (Wildman–Crippen MR) is 115 cm³/mol. The van der Waals surface area contributed by atoms with Gasteiger partial charge in [0.15, 0.2) is 5.96 Å². The number of hydrogen-bond acceptors (Lipinski definition) is 8. The van der Waals surface area contributed by atoms with Gasteiger partial charge in [0.05, 0.1) is 12.6 Å². The number of nitrogens with zero attached hydrogens (tertiary/aromatic N) is 1. The molecule has 3 unspecified atom stereocenters. The van der Waals surface area contributed by atoms with Crippen LogP contribution in [-0.4, -0.2) is 77.6 Å². The van der Waals surface area contributed by atoms with Gasteiger partial charge in [0.1, 0.15) is 12.1 Å². The van der Waals surface area contributed by atoms with E-state index in [2.05, 4.69) is 33.6 Å². The first-order chi connectivity index (χ1) is 14.5. The van der Waals surface area contributed by atoms with Gasteiger partial charge >= 0.3 is 5.97 Å². The van der Waals surface area contributed by atoms with Gasteiger partial charge in [-0.1, -0.05) is 0 Å². The van der Waals surface area contributed by atoms with E-state index >= 15 is 0 Å². The highest BCUT2D eigenvalue weighted by atomic mass is 32.1. The van der Waals surface area contributed by atoms with Crippen LogP contribution in [-0.2, 0) is 24.0 Å². The standard InChI is InChI=1S/C16H30N8O6S/c17-8(7-31)13(27)22-6-12(26)23-9(3-4-11(18)25)14(28)24-10(15(29)30)2-1-5-21-16(19)20/h8-10,31H,1-7,17H2,(H2,18,25)(H,22,27)(H,23,26)(H,24,28)(H,29,30)(H4,19,20,21). The second-order valence-corrected chi connectivity index (χ2v) is 6.85. The highest BCUT2D eigenvalue weighted by Crippen LogP contribution is 2.03. The lowest BCUT2D eigenvalue weighted by molar-refractivity contribution is -0.142. The maximum absolute atomic E-state index is 12.5. The molecule has 12 N–H and O–H groups in total. The average Bonchev–Trinajstić information content (AvgIpc) is 2.69. The molecule has 0 heterocycles. The number of amides is 4. The third kappa shape index (κ3) is 13.0. The van der Waals surface area contributed by atoms with Gasteiger partial charge < -0.3 is 44.0 Å². The molecule has 0 saturated carbocycles. The molecule has 0 bridgehead atoms. The predicted octanol–water partition coefficient (Wildman–Crippen LogP) is -4.27. The number of primary amides is 1. The van der Waals surface area contributed by atoms with Crippen LogP contribution in [0.1, 0.15) is 25.7 Å². The molecule has 14 nitrogen and oxygen atoms in total. The zero-order valence-corrected chi connectivity index (χ0v) is 17.8. The van der Waals surface area contributed by atoms with Crippen LogP contribution in [0, 0.1) is 0 Å². The van der Waals surface area contributed by atoms with Crippen molar-refractivity contribution in [1.29, 1.82) is 0 Å². The summed E-state index contributed by atoms with van der Waals surface area (Å²) in [7, 11) is 0. The maximum Gasteiger partial charge on any atom is 0.326 e. The van der Waals surface area contributed by atoms with Gasteiger partial charge in [-0.05, 0) is 19.3 Å². The molecule has 0 aromatic carbocycles. The summed E-state index contributed by atoms with van der Waals surface area (Å²) in [5, 5.41) is 16.2. The van der Waals surface area contributed by atoms with E-state index in [4.69, 9.17) is 22.9 Å². The molecule has 0 aromatic rings. The first-order valence-electron chi connectivity index (χ1n) is 9.28. The molecule has 0 aliphatic heterocycles. The Hall–Kier alpha value is -3.07. The Balaban J connectivity index is 4.98. The quantitative estimate of drug-likeness (QED) is 0.0493. The Labute approximate surface area is 184 Å². The summed E-state index contributed by atoms with van der Waals surface area (Å²) in [6.45, 7) is -0.320. The normalized spacial score (nSPS) is 13.2. The van der Waals surface area contributed by atoms with E-state index in [1.165, 1.54) is 0 Å². The molecule has 0 fully saturated rings. The molecular formula is C16H30N8O6S. The number of nitrogens with one attached hydrogen (secondary N) is 3. The molecule has 31 heavy (non-hydrogen) atoms. The van der Waals surface area contributed by atoms with Crippen molar-refractivity contribution in [2.45, 2.75) is 43.8 Å². The molecule has 0 spiro atoms. The third-order valence-corrected chi connectivity index (χ3v) is 4.24. The number of carbonyl (C=O) groups is 5. The van der Waals surface area contributed by atoms with Gasteiger partial charge in [-0.15, -0.1) is 0 Å². The molecule has 4 amide bonds. The minimum absolute atomic E-state index is 0.0199. The highest BCUT2D eigenvalue weighted by molar-refractivity contribution is 7.80. The number of hydrogen-bond donors (Lipinski definition) is 9. The fraction of sp³-hybridized carbons (Fsp3) is 0.625. The molecule has 15 heteroatoms. The van der Waals surface area contributed by atoms with Crippen LogP contribution in [0.25, 0.3) is 0 Å². The Morgan fingerprint density at radius 1 is 0.968 bits per heavy atom. The summed E-state index contributed by atoms with van der Waals surface area (Å²) in [5.41, 5.74) is 20.9. The lowest BCUT2D eigenvalue weighted by Gasteiger charge is -2.21. The van der Waals surface area contributed by atoms with Gasteiger partial charge in [0.2, 0.25) is 23.6 Å². The van der Waals surface area contributed by atoms with Crippen LogP contribution in [0.15, 0.2) is 4.99 Å². The third-order valence-electron chi connectivity index (χ3n) is 3.85. The van der Waals surface area contributed by atoms with E-state index < -0.39 is 54.3 Å². The zero-order valence-electron chi connectivity index (χ0n) is 16.9. The van der Waals surface area contributed by atoms with Gasteiger partial charge in [0.25, 0.3) is 0 Å². The number of carbonyl (C=O) groups excluding carboxylic acids is 4. The fourth-order valence-corrected chi connectivity index (χ4v) is 2.38. The van der Waals surface area contributed by atoms with Gasteiger partial charge in [-0.25, -0.2) is 4.79 Å². The molecule has 0 rings (SSSR count). The topological polar surface area (TPSA) is 258 Å². The summed E-state index contributed by atoms with van der Waals surface area (Å²) in [4.78, 5) is 62.4. The fourth-order valence-electron chi connectivity index (χ4n) is 2.22. The molecule has 0 aromatic heterocycles. The van der Waals surface area contributed by atoms with Crippen LogP contribution < -0.4 is 38.9 Å². The van der Waals surface area contributed by atoms with Crippen molar-refractivity contribution in [3.63, 3.8) is 0 Å². The van der Waals surface area contributed by atoms with Crippen molar-refractivity contribution < 1.29 is 29.1 Å². The molecule has 0 saturated heterocycles. The summed E-state index contributed by atoms with van der Waals surface area (Å²) < 4.78 is 0. The first kappa shape index (κ1) is 27.9. The Bertz CT molecular complexity index is 685. The number of nitrogens with two attached hydrogens (primary N) is 4. The van der Waals surface area contributed by atoms with E-state index in [0.717, 1.165) is 0 Å². The Morgan fingerprint density at radius 3 is 2.13 bits per heavy atom. The van der Waals surface area contributed by atoms with Crippen LogP contribution >= 0.6 is 12.6 Å². The second-order valence-electron chi connectivity index (χ2n) is 6.48. The van der Waals surface area contributed by atoms with Crippen molar-refractivity contribution in [1.82, 2.24) is 16.0 Å². The summed E-state index contributed by atoms with van der Waals surface area (Å²) in [6.07, 6.45) is -0.119. The van der Waals surface area contributed by atoms with Gasteiger partial charge in [-0.3, -0.25) is 24.2 Å². The second kappa shape index (κ2) is 14.8. The smallest absolute Gasteiger partial charge is 0.326 e. The van der Waals surface area contributed by atoms with E-state index in [1.54, 1.807) is 0 Å². The summed E-state index contributed by atoms with van der Waals surface area (Å²) in [5.74, 6) is -4.29. The van der Waals surface area contributed by atoms with Gasteiger partial charge in [0, 0.05) is 18.7 Å².